The van der Waals surface area contributed by atoms with Crippen molar-refractivity contribution in [1.82, 2.24) is 11.0 Å². The van der Waals surface area contributed by atoms with E-state index in [4.69, 9.17) is 32.9 Å². The maximum Gasteiger partial charge on any atom is 0.199 e. The van der Waals surface area contributed by atoms with Gasteiger partial charge >= 0.3 is 0 Å². The zero-order chi connectivity index (χ0) is 16.7. The molecule has 0 saturated heterocycles. The number of hydrogen-bond acceptors (Lipinski definition) is 4. The van der Waals surface area contributed by atoms with Crippen LogP contribution in [-0.2, 0) is 9.68 Å². The summed E-state index contributed by atoms with van der Waals surface area (Å²) < 4.78 is 0. The van der Waals surface area contributed by atoms with Crippen molar-refractivity contribution < 1.29 is 9.68 Å². The number of benzene rings is 2. The molecule has 0 spiro atoms. The molecular weight excluding hydrogens is 335 g/mol. The summed E-state index contributed by atoms with van der Waals surface area (Å²) in [6.07, 6.45) is 0. The third kappa shape index (κ3) is 5.01. The van der Waals surface area contributed by atoms with Crippen LogP contribution in [0.1, 0.15) is 11.1 Å². The number of halogens is 2. The van der Waals surface area contributed by atoms with Gasteiger partial charge < -0.3 is 0 Å². The van der Waals surface area contributed by atoms with Gasteiger partial charge in [0.05, 0.1) is 11.4 Å². The molecule has 0 bridgehead atoms. The van der Waals surface area contributed by atoms with Gasteiger partial charge in [-0.1, -0.05) is 72.8 Å². The fourth-order valence-corrected chi connectivity index (χ4v) is 2.28. The Bertz CT molecular complexity index is 645. The van der Waals surface area contributed by atoms with Gasteiger partial charge in [0.25, 0.3) is 0 Å². The summed E-state index contributed by atoms with van der Waals surface area (Å²) >= 11 is 12.1. The summed E-state index contributed by atoms with van der Waals surface area (Å²) in [5, 5.41) is 1.17. The first-order chi connectivity index (χ1) is 11.1. The normalized spacial score (nSPS) is 10.2. The van der Waals surface area contributed by atoms with Gasteiger partial charge in [0.15, 0.2) is 6.79 Å². The molecule has 0 fully saturated rings. The van der Waals surface area contributed by atoms with Gasteiger partial charge in [-0.05, 0) is 12.1 Å². The first kappa shape index (κ1) is 17.4. The minimum atomic E-state index is -0.0764. The quantitative estimate of drug-likeness (QED) is 0.413. The van der Waals surface area contributed by atoms with Crippen molar-refractivity contribution in [2.75, 3.05) is 6.79 Å². The number of rotatable bonds is 8. The molecule has 23 heavy (non-hydrogen) atoms. The van der Waals surface area contributed by atoms with E-state index in [1.807, 2.05) is 36.4 Å². The van der Waals surface area contributed by atoms with Gasteiger partial charge in [0.2, 0.25) is 0 Å². The lowest BCUT2D eigenvalue weighted by Crippen LogP contribution is -2.20. The average Bonchev–Trinajstić information content (AvgIpc) is 2.55. The highest BCUT2D eigenvalue weighted by atomic mass is 35.5. The molecule has 4 nitrogen and oxygen atoms in total. The standard InChI is InChI=1S/C17H16Cl2N2O2/c1-12(14-7-3-5-9-16(14)18)20-22-11-23-21-13(2)15-8-4-6-10-17(15)19/h3-10,20-21H,1-2,11H2. The molecule has 0 heterocycles. The van der Waals surface area contributed by atoms with Crippen LogP contribution in [0.3, 0.4) is 0 Å². The predicted molar refractivity (Wildman–Crippen MR) is 94.3 cm³/mol. The first-order valence-corrected chi connectivity index (χ1v) is 7.48. The summed E-state index contributed by atoms with van der Waals surface area (Å²) in [6, 6.07) is 14.6. The highest BCUT2D eigenvalue weighted by molar-refractivity contribution is 6.32. The van der Waals surface area contributed by atoms with Crippen LogP contribution in [0.25, 0.3) is 11.4 Å². The molecule has 0 aliphatic rings. The van der Waals surface area contributed by atoms with Gasteiger partial charge in [-0.3, -0.25) is 11.0 Å². The van der Waals surface area contributed by atoms with Crippen LogP contribution < -0.4 is 11.0 Å². The lowest BCUT2D eigenvalue weighted by Gasteiger charge is -2.13. The Hall–Kier alpha value is -1.98. The Morgan fingerprint density at radius 2 is 1.17 bits per heavy atom. The summed E-state index contributed by atoms with van der Waals surface area (Å²) in [6.45, 7) is 7.62. The van der Waals surface area contributed by atoms with E-state index in [0.29, 0.717) is 21.4 Å². The molecule has 0 saturated carbocycles. The zero-order valence-electron chi connectivity index (χ0n) is 12.3. The van der Waals surface area contributed by atoms with Crippen LogP contribution >= 0.6 is 23.2 Å². The zero-order valence-corrected chi connectivity index (χ0v) is 13.8. The molecule has 120 valence electrons. The van der Waals surface area contributed by atoms with E-state index in [1.165, 1.54) is 0 Å². The Kier molecular flexibility index (Phi) is 6.50. The third-order valence-electron chi connectivity index (χ3n) is 2.91. The van der Waals surface area contributed by atoms with Crippen LogP contribution in [0.5, 0.6) is 0 Å². The molecular formula is C17H16Cl2N2O2. The molecule has 0 radical (unpaired) electrons. The van der Waals surface area contributed by atoms with Crippen molar-refractivity contribution in [1.29, 1.82) is 0 Å². The molecule has 0 aromatic heterocycles. The molecule has 0 unspecified atom stereocenters. The summed E-state index contributed by atoms with van der Waals surface area (Å²) in [4.78, 5) is 10.3. The lowest BCUT2D eigenvalue weighted by molar-refractivity contribution is -0.107. The summed E-state index contributed by atoms with van der Waals surface area (Å²) in [5.74, 6) is 0. The Morgan fingerprint density at radius 3 is 1.57 bits per heavy atom. The molecule has 0 aliphatic heterocycles. The Balaban J connectivity index is 1.72. The van der Waals surface area contributed by atoms with Crippen molar-refractivity contribution in [3.63, 3.8) is 0 Å². The van der Waals surface area contributed by atoms with E-state index in [9.17, 15) is 0 Å². The SMILES string of the molecule is C=C(NOCONC(=C)c1ccccc1Cl)c1ccccc1Cl. The average molecular weight is 351 g/mol. The van der Waals surface area contributed by atoms with E-state index >= 15 is 0 Å². The Labute approximate surface area is 145 Å². The van der Waals surface area contributed by atoms with Crippen molar-refractivity contribution in [3.05, 3.63) is 82.9 Å². The van der Waals surface area contributed by atoms with Crippen LogP contribution in [0.15, 0.2) is 61.7 Å². The van der Waals surface area contributed by atoms with Crippen LogP contribution in [0.4, 0.5) is 0 Å². The van der Waals surface area contributed by atoms with E-state index < -0.39 is 0 Å². The molecule has 2 aromatic carbocycles. The number of hydroxylamine groups is 2. The van der Waals surface area contributed by atoms with E-state index in [1.54, 1.807) is 12.1 Å². The first-order valence-electron chi connectivity index (χ1n) is 6.73. The van der Waals surface area contributed by atoms with Crippen molar-refractivity contribution in [2.45, 2.75) is 0 Å². The van der Waals surface area contributed by atoms with Crippen LogP contribution in [0.2, 0.25) is 10.0 Å². The van der Waals surface area contributed by atoms with Gasteiger partial charge in [-0.15, -0.1) is 0 Å². The fraction of sp³-hybridized carbons (Fsp3) is 0.0588. The maximum atomic E-state index is 6.06. The molecule has 2 N–H and O–H groups in total. The predicted octanol–water partition coefficient (Wildman–Crippen LogP) is 4.63. The molecule has 2 rings (SSSR count). The largest absolute Gasteiger partial charge is 0.264 e. The number of hydrogen-bond donors (Lipinski definition) is 2. The van der Waals surface area contributed by atoms with Gasteiger partial charge in [0.1, 0.15) is 0 Å². The molecule has 6 heteroatoms. The van der Waals surface area contributed by atoms with E-state index in [0.717, 1.165) is 11.1 Å². The third-order valence-corrected chi connectivity index (χ3v) is 3.57. The molecule has 2 aromatic rings. The van der Waals surface area contributed by atoms with Crippen molar-refractivity contribution >= 4 is 34.6 Å². The van der Waals surface area contributed by atoms with Crippen LogP contribution in [0, 0.1) is 0 Å². The van der Waals surface area contributed by atoms with Crippen molar-refractivity contribution in [2.24, 2.45) is 0 Å². The highest BCUT2D eigenvalue weighted by Crippen LogP contribution is 2.21. The minimum Gasteiger partial charge on any atom is -0.264 e. The molecule has 0 amide bonds. The second-order valence-corrected chi connectivity index (χ2v) is 5.34. The fourth-order valence-electron chi connectivity index (χ4n) is 1.78. The van der Waals surface area contributed by atoms with E-state index in [-0.39, 0.29) is 6.79 Å². The van der Waals surface area contributed by atoms with Gasteiger partial charge in [-0.2, -0.15) is 0 Å². The molecule has 0 atom stereocenters. The van der Waals surface area contributed by atoms with Gasteiger partial charge in [0, 0.05) is 21.2 Å². The van der Waals surface area contributed by atoms with Crippen LogP contribution in [-0.4, -0.2) is 6.79 Å². The monoisotopic (exact) mass is 350 g/mol. The highest BCUT2D eigenvalue weighted by Gasteiger charge is 2.04. The second kappa shape index (κ2) is 8.60. The topological polar surface area (TPSA) is 42.5 Å². The van der Waals surface area contributed by atoms with Crippen molar-refractivity contribution in [3.8, 4) is 0 Å². The lowest BCUT2D eigenvalue weighted by atomic mass is 10.2. The summed E-state index contributed by atoms with van der Waals surface area (Å²) in [7, 11) is 0. The summed E-state index contributed by atoms with van der Waals surface area (Å²) in [5.41, 5.74) is 7.90. The molecule has 0 aliphatic carbocycles. The Morgan fingerprint density at radius 1 is 0.783 bits per heavy atom. The second-order valence-electron chi connectivity index (χ2n) is 4.53. The van der Waals surface area contributed by atoms with E-state index in [2.05, 4.69) is 24.1 Å². The minimum absolute atomic E-state index is 0.0764. The van der Waals surface area contributed by atoms with Gasteiger partial charge in [-0.25, -0.2) is 9.68 Å². The smallest absolute Gasteiger partial charge is 0.199 e. The number of nitrogens with one attached hydrogen (secondary N) is 2. The maximum absolute atomic E-state index is 6.06.